The monoisotopic (exact) mass is 1070 g/mol. The van der Waals surface area contributed by atoms with Crippen molar-refractivity contribution in [1.82, 2.24) is 23.7 Å². The summed E-state index contributed by atoms with van der Waals surface area (Å²) in [7, 11) is 0. The van der Waals surface area contributed by atoms with Gasteiger partial charge in [-0.1, -0.05) is 152 Å². The zero-order chi connectivity index (χ0) is 57.0. The normalized spacial score (nSPS) is 11.3. The Morgan fingerprint density at radius 2 is 0.821 bits per heavy atom. The lowest BCUT2D eigenvalue weighted by molar-refractivity contribution is 1.11. The number of nitriles is 4. The highest BCUT2D eigenvalue weighted by atomic mass is 15.0. The first-order chi connectivity index (χ1) is 41.4. The van der Waals surface area contributed by atoms with Crippen molar-refractivity contribution in [2.75, 3.05) is 0 Å². The van der Waals surface area contributed by atoms with E-state index < -0.39 is 0 Å². The van der Waals surface area contributed by atoms with Crippen molar-refractivity contribution in [2.24, 2.45) is 0 Å². The highest BCUT2D eigenvalue weighted by Crippen LogP contribution is 2.42. The van der Waals surface area contributed by atoms with Crippen molar-refractivity contribution >= 4 is 66.7 Å². The molecule has 0 unspecified atom stereocenters. The van der Waals surface area contributed by atoms with Gasteiger partial charge < -0.3 is 13.7 Å². The highest BCUT2D eigenvalue weighted by Gasteiger charge is 2.23. The molecule has 0 aliphatic carbocycles. The van der Waals surface area contributed by atoms with Gasteiger partial charge in [0.05, 0.1) is 91.2 Å². The number of benzene rings is 10. The van der Waals surface area contributed by atoms with E-state index >= 15 is 0 Å². The van der Waals surface area contributed by atoms with Gasteiger partial charge in [-0.15, -0.1) is 0 Å². The van der Waals surface area contributed by atoms with E-state index in [4.69, 9.17) is 9.97 Å². The molecule has 0 aliphatic rings. The molecular formula is C75H45N9. The van der Waals surface area contributed by atoms with E-state index in [0.717, 1.165) is 88.6 Å². The fourth-order valence-corrected chi connectivity index (χ4v) is 12.2. The second kappa shape index (κ2) is 20.5. The third kappa shape index (κ3) is 8.13. The lowest BCUT2D eigenvalue weighted by Crippen LogP contribution is -2.00. The number of para-hydroxylation sites is 3. The predicted octanol–water partition coefficient (Wildman–Crippen LogP) is 18.1. The lowest BCUT2D eigenvalue weighted by atomic mass is 9.92. The van der Waals surface area contributed by atoms with E-state index in [-0.39, 0.29) is 0 Å². The van der Waals surface area contributed by atoms with Gasteiger partial charge in [0.2, 0.25) is 0 Å². The van der Waals surface area contributed by atoms with Crippen LogP contribution in [0, 0.1) is 45.3 Å². The van der Waals surface area contributed by atoms with E-state index in [0.29, 0.717) is 61.8 Å². The molecule has 0 radical (unpaired) electrons. The van der Waals surface area contributed by atoms with Gasteiger partial charge in [0.25, 0.3) is 0 Å². The molecule has 14 rings (SSSR count). The Morgan fingerprint density at radius 1 is 0.381 bits per heavy atom. The van der Waals surface area contributed by atoms with E-state index in [1.54, 1.807) is 18.2 Å². The first kappa shape index (κ1) is 50.1. The molecule has 0 saturated heterocycles. The molecule has 0 saturated carbocycles. The second-order valence-electron chi connectivity index (χ2n) is 20.5. The Kier molecular flexibility index (Phi) is 12.2. The number of aromatic nitrogens is 5. The maximum Gasteiger partial charge on any atom is 0.161 e. The van der Waals surface area contributed by atoms with Crippen molar-refractivity contribution in [3.05, 3.63) is 271 Å². The van der Waals surface area contributed by atoms with Gasteiger partial charge in [0.15, 0.2) is 5.82 Å². The third-order valence-electron chi connectivity index (χ3n) is 16.0. The van der Waals surface area contributed by atoms with E-state index in [1.807, 2.05) is 110 Å². The van der Waals surface area contributed by atoms with Crippen molar-refractivity contribution in [1.29, 1.82) is 21.0 Å². The number of nitrogens with zero attached hydrogens (tertiary/aromatic N) is 9. The summed E-state index contributed by atoms with van der Waals surface area (Å²) in [5.74, 6) is 0.381. The summed E-state index contributed by atoms with van der Waals surface area (Å²) in [6, 6.07) is 84.3. The van der Waals surface area contributed by atoms with Crippen LogP contribution in [0.25, 0.3) is 140 Å². The average molecular weight is 1070 g/mol. The molecule has 0 aliphatic heterocycles. The fourth-order valence-electron chi connectivity index (χ4n) is 12.2. The van der Waals surface area contributed by atoms with Crippen LogP contribution in [0.1, 0.15) is 40.4 Å². The molecule has 0 spiro atoms. The summed E-state index contributed by atoms with van der Waals surface area (Å²) in [4.78, 5) is 9.83. The summed E-state index contributed by atoms with van der Waals surface area (Å²) in [6.07, 6.45) is 6.13. The van der Waals surface area contributed by atoms with E-state index in [9.17, 15) is 21.0 Å². The lowest BCUT2D eigenvalue weighted by Gasteiger charge is -2.14. The summed E-state index contributed by atoms with van der Waals surface area (Å²) in [6.45, 7) is 6.26. The van der Waals surface area contributed by atoms with Gasteiger partial charge >= 0.3 is 0 Å². The number of allylic oxidation sites excluding steroid dienone is 1. The maximum absolute atomic E-state index is 11.0. The van der Waals surface area contributed by atoms with E-state index in [1.165, 1.54) is 10.8 Å². The van der Waals surface area contributed by atoms with E-state index in [2.05, 4.69) is 166 Å². The van der Waals surface area contributed by atoms with Crippen molar-refractivity contribution < 1.29 is 0 Å². The molecule has 0 fully saturated rings. The number of rotatable bonds is 10. The van der Waals surface area contributed by atoms with Crippen LogP contribution in [0.5, 0.6) is 0 Å². The second-order valence-corrected chi connectivity index (χ2v) is 20.5. The van der Waals surface area contributed by atoms with Crippen LogP contribution in [0.3, 0.4) is 0 Å². The Bertz CT molecular complexity index is 5110. The van der Waals surface area contributed by atoms with Crippen LogP contribution >= 0.6 is 0 Å². The number of fused-ring (bicyclic) bond motifs is 7. The topological polar surface area (TPSA) is 136 Å². The minimum Gasteiger partial charge on any atom is -0.309 e. The molecule has 0 atom stereocenters. The molecule has 0 N–H and O–H groups in total. The number of hydrogen-bond donors (Lipinski definition) is 0. The Morgan fingerprint density at radius 3 is 1.38 bits per heavy atom. The summed E-state index contributed by atoms with van der Waals surface area (Å²) in [5.41, 5.74) is 18.1. The fraction of sp³-hybridized carbons (Fsp3) is 0.0133. The quantitative estimate of drug-likeness (QED) is 0.134. The molecule has 9 heteroatoms. The van der Waals surface area contributed by atoms with Crippen LogP contribution in [0.4, 0.5) is 0 Å². The summed E-state index contributed by atoms with van der Waals surface area (Å²) < 4.78 is 6.81. The molecule has 0 bridgehead atoms. The molecule has 84 heavy (non-hydrogen) atoms. The van der Waals surface area contributed by atoms with Gasteiger partial charge in [-0.25, -0.2) is 9.97 Å². The molecule has 390 valence electrons. The molecule has 10 aromatic carbocycles. The first-order valence-corrected chi connectivity index (χ1v) is 27.4. The minimum absolute atomic E-state index is 0.375. The summed E-state index contributed by atoms with van der Waals surface area (Å²) >= 11 is 0. The highest BCUT2D eigenvalue weighted by molar-refractivity contribution is 6.13. The maximum atomic E-state index is 11.0. The van der Waals surface area contributed by atoms with Crippen molar-refractivity contribution in [3.8, 4) is 97.5 Å². The molecule has 14 aromatic rings. The minimum atomic E-state index is 0.375. The SMILES string of the molecule is C=Cc1c(/C=C\C)n(-c2ccc3c(c2)c2cc(-n4c5ccccc5c5ccccc54)ccc2n3-c2cc(C#N)c(-c3ccc(-c4ccc(-c5cc(-c6ccccc6C#N)nc(-c6ccccc6C#N)n5)cc4)cc3)c(C#N)c2)c2ccccc12. The van der Waals surface area contributed by atoms with Crippen LogP contribution in [0.15, 0.2) is 237 Å². The zero-order valence-electron chi connectivity index (χ0n) is 45.3. The first-order valence-electron chi connectivity index (χ1n) is 27.4. The van der Waals surface area contributed by atoms with Crippen LogP contribution < -0.4 is 0 Å². The Hall–Kier alpha value is -12.1. The summed E-state index contributed by atoms with van der Waals surface area (Å²) in [5, 5.41) is 47.6. The molecule has 4 aromatic heterocycles. The largest absolute Gasteiger partial charge is 0.309 e. The Balaban J connectivity index is 0.868. The smallest absolute Gasteiger partial charge is 0.161 e. The van der Waals surface area contributed by atoms with Gasteiger partial charge in [0.1, 0.15) is 0 Å². The van der Waals surface area contributed by atoms with Gasteiger partial charge in [0, 0.05) is 71.8 Å². The number of hydrogen-bond acceptors (Lipinski definition) is 6. The van der Waals surface area contributed by atoms with Gasteiger partial charge in [-0.3, -0.25) is 0 Å². The van der Waals surface area contributed by atoms with Crippen LogP contribution in [0.2, 0.25) is 0 Å². The molecule has 0 amide bonds. The third-order valence-corrected chi connectivity index (χ3v) is 16.0. The average Bonchev–Trinajstić information content (AvgIpc) is 2.68. The van der Waals surface area contributed by atoms with Crippen molar-refractivity contribution in [3.63, 3.8) is 0 Å². The van der Waals surface area contributed by atoms with Crippen molar-refractivity contribution in [2.45, 2.75) is 6.92 Å². The zero-order valence-corrected chi connectivity index (χ0v) is 45.3. The van der Waals surface area contributed by atoms with Crippen LogP contribution in [-0.4, -0.2) is 23.7 Å². The Labute approximate surface area is 483 Å². The predicted molar refractivity (Wildman–Crippen MR) is 338 cm³/mol. The standard InChI is InChI=1S/C75H45N9/c1-3-15-68-58(4-2)61-20-9-12-23-69(61)82(68)55-34-36-72-64(40-55)65-41-56(83-70-24-13-10-21-62(70)63-22-11-14-25-71(63)83)35-37-73(65)84(72)57-38-53(45-78)74(54(39-57)46-79)50-32-28-48(29-33-50)47-26-30-49(31-27-47)66-42-67(59-18-7-5-16-51(59)43-76)81-75(80-66)60-19-8-6-17-52(60)44-77/h3-42H,2H2,1H3/b15-3-. The molecular weight excluding hydrogens is 1030 g/mol. The van der Waals surface area contributed by atoms with Gasteiger partial charge in [-0.05, 0) is 121 Å². The van der Waals surface area contributed by atoms with Gasteiger partial charge in [-0.2, -0.15) is 21.0 Å². The molecule has 9 nitrogen and oxygen atoms in total. The van der Waals surface area contributed by atoms with Crippen LogP contribution in [-0.2, 0) is 0 Å². The molecule has 4 heterocycles.